The molecule has 1 fully saturated rings. The van der Waals surface area contributed by atoms with Gasteiger partial charge in [-0.15, -0.1) is 0 Å². The molecule has 16 heavy (non-hydrogen) atoms. The highest BCUT2D eigenvalue weighted by molar-refractivity contribution is 4.92. The Morgan fingerprint density at radius 2 is 1.38 bits per heavy atom. The Labute approximate surface area is 104 Å². The molecule has 0 unspecified atom stereocenters. The second-order valence-electron chi connectivity index (χ2n) is 6.08. The molecule has 0 N–H and O–H groups in total. The Morgan fingerprint density at radius 3 is 1.75 bits per heavy atom. The zero-order valence-corrected chi connectivity index (χ0v) is 12.7. The number of nitrogens with zero attached hydrogens (tertiary/aromatic N) is 1. The summed E-state index contributed by atoms with van der Waals surface area (Å²) in [6, 6.07) is 0. The average molecular weight is 227 g/mol. The molecule has 0 heterocycles. The van der Waals surface area contributed by atoms with Crippen molar-refractivity contribution in [1.29, 1.82) is 0 Å². The zero-order valence-electron chi connectivity index (χ0n) is 12.7. The van der Waals surface area contributed by atoms with Crippen LogP contribution >= 0.6 is 0 Å². The molecule has 0 aromatic heterocycles. The van der Waals surface area contributed by atoms with Gasteiger partial charge in [0.1, 0.15) is 0 Å². The maximum atomic E-state index is 2.57. The van der Waals surface area contributed by atoms with E-state index in [0.29, 0.717) is 11.0 Å². The van der Waals surface area contributed by atoms with Crippen LogP contribution in [0.3, 0.4) is 0 Å². The van der Waals surface area contributed by atoms with Crippen molar-refractivity contribution in [3.8, 4) is 0 Å². The molecule has 0 radical (unpaired) electrons. The Bertz CT molecular complexity index is 174. The summed E-state index contributed by atoms with van der Waals surface area (Å²) < 4.78 is 0. The highest BCUT2D eigenvalue weighted by Crippen LogP contribution is 2.42. The molecule has 0 aromatic carbocycles. The molecule has 0 spiro atoms. The predicted octanol–water partition coefficient (Wildman–Crippen LogP) is 4.71. The van der Waals surface area contributed by atoms with Gasteiger partial charge in [0.15, 0.2) is 0 Å². The van der Waals surface area contributed by atoms with Gasteiger partial charge in [-0.05, 0) is 58.0 Å². The first-order valence-electron chi connectivity index (χ1n) is 7.11. The molecule has 1 rings (SSSR count). The molecule has 1 aliphatic carbocycles. The Balaban J connectivity index is 0.00000106. The van der Waals surface area contributed by atoms with Crippen molar-refractivity contribution in [3.05, 3.63) is 0 Å². The van der Waals surface area contributed by atoms with Crippen LogP contribution in [-0.4, -0.2) is 24.0 Å². The molecule has 0 atom stereocenters. The third-order valence-electron chi connectivity index (χ3n) is 4.16. The third kappa shape index (κ3) is 4.45. The highest BCUT2D eigenvalue weighted by Gasteiger charge is 2.36. The molecule has 1 aliphatic rings. The molecule has 0 saturated heterocycles. The van der Waals surface area contributed by atoms with Crippen LogP contribution in [0.4, 0.5) is 0 Å². The van der Waals surface area contributed by atoms with Crippen LogP contribution in [0.15, 0.2) is 0 Å². The summed E-state index contributed by atoms with van der Waals surface area (Å²) in [6.07, 6.45) is 6.79. The topological polar surface area (TPSA) is 3.24 Å². The van der Waals surface area contributed by atoms with Crippen molar-refractivity contribution in [1.82, 2.24) is 4.90 Å². The largest absolute Gasteiger partial charge is 0.301 e. The maximum absolute atomic E-state index is 2.57. The van der Waals surface area contributed by atoms with E-state index >= 15 is 0 Å². The van der Waals surface area contributed by atoms with Gasteiger partial charge in [0.2, 0.25) is 0 Å². The van der Waals surface area contributed by atoms with E-state index in [1.54, 1.807) is 0 Å². The van der Waals surface area contributed by atoms with E-state index in [9.17, 15) is 0 Å². The molecule has 1 saturated carbocycles. The number of rotatable bonds is 3. The van der Waals surface area contributed by atoms with E-state index in [2.05, 4.69) is 39.6 Å². The number of hydrogen-bond donors (Lipinski definition) is 0. The van der Waals surface area contributed by atoms with Crippen molar-refractivity contribution in [3.63, 3.8) is 0 Å². The summed E-state index contributed by atoms with van der Waals surface area (Å²) >= 11 is 0. The first-order chi connectivity index (χ1) is 7.40. The molecule has 0 bridgehead atoms. The first kappa shape index (κ1) is 16.0. The van der Waals surface area contributed by atoms with Gasteiger partial charge in [-0.3, -0.25) is 0 Å². The first-order valence-corrected chi connectivity index (χ1v) is 7.11. The van der Waals surface area contributed by atoms with Gasteiger partial charge in [0.05, 0.1) is 0 Å². The fourth-order valence-electron chi connectivity index (χ4n) is 2.45. The van der Waals surface area contributed by atoms with Crippen LogP contribution in [0.1, 0.15) is 73.6 Å². The molecule has 98 valence electrons. The van der Waals surface area contributed by atoms with Gasteiger partial charge < -0.3 is 4.90 Å². The average Bonchev–Trinajstić information content (AvgIpc) is 2.26. The standard InChI is InChI=1S/C13H27N.C2H6/c1-6-11-14(5)13(4)9-7-12(2,3)8-10-13;1-2/h6-11H2,1-5H3;1-2H3. The molecule has 0 aliphatic heterocycles. The minimum Gasteiger partial charge on any atom is -0.301 e. The summed E-state index contributed by atoms with van der Waals surface area (Å²) in [6.45, 7) is 14.8. The van der Waals surface area contributed by atoms with E-state index < -0.39 is 0 Å². The van der Waals surface area contributed by atoms with Crippen molar-refractivity contribution in [2.75, 3.05) is 13.6 Å². The fourth-order valence-corrected chi connectivity index (χ4v) is 2.45. The molecular weight excluding hydrogens is 194 g/mol. The van der Waals surface area contributed by atoms with E-state index in [1.165, 1.54) is 38.6 Å². The lowest BCUT2D eigenvalue weighted by Crippen LogP contribution is -2.48. The van der Waals surface area contributed by atoms with Crippen molar-refractivity contribution >= 4 is 0 Å². The summed E-state index contributed by atoms with van der Waals surface area (Å²) in [7, 11) is 2.29. The van der Waals surface area contributed by atoms with Gasteiger partial charge in [0.25, 0.3) is 0 Å². The lowest BCUT2D eigenvalue weighted by atomic mass is 9.69. The van der Waals surface area contributed by atoms with E-state index in [4.69, 9.17) is 0 Å². The van der Waals surface area contributed by atoms with Crippen molar-refractivity contribution < 1.29 is 0 Å². The summed E-state index contributed by atoms with van der Waals surface area (Å²) in [5.41, 5.74) is 1.07. The molecular formula is C15H33N. The Kier molecular flexibility index (Phi) is 6.62. The normalized spacial score (nSPS) is 22.5. The maximum Gasteiger partial charge on any atom is 0.0178 e. The zero-order chi connectivity index (χ0) is 12.8. The van der Waals surface area contributed by atoms with Crippen molar-refractivity contribution in [2.24, 2.45) is 5.41 Å². The van der Waals surface area contributed by atoms with Crippen LogP contribution in [0, 0.1) is 5.41 Å². The summed E-state index contributed by atoms with van der Waals surface area (Å²) in [5.74, 6) is 0. The van der Waals surface area contributed by atoms with Crippen LogP contribution in [0.5, 0.6) is 0 Å². The quantitative estimate of drug-likeness (QED) is 0.674. The van der Waals surface area contributed by atoms with Gasteiger partial charge in [-0.2, -0.15) is 0 Å². The van der Waals surface area contributed by atoms with Crippen LogP contribution in [-0.2, 0) is 0 Å². The smallest absolute Gasteiger partial charge is 0.0178 e. The highest BCUT2D eigenvalue weighted by atomic mass is 15.2. The number of hydrogen-bond acceptors (Lipinski definition) is 1. The Hall–Kier alpha value is -0.0400. The fraction of sp³-hybridized carbons (Fsp3) is 1.00. The second-order valence-corrected chi connectivity index (χ2v) is 6.08. The van der Waals surface area contributed by atoms with E-state index in [1.807, 2.05) is 13.8 Å². The lowest BCUT2D eigenvalue weighted by molar-refractivity contribution is 0.0497. The third-order valence-corrected chi connectivity index (χ3v) is 4.16. The van der Waals surface area contributed by atoms with Gasteiger partial charge >= 0.3 is 0 Å². The van der Waals surface area contributed by atoms with Crippen LogP contribution in [0.25, 0.3) is 0 Å². The summed E-state index contributed by atoms with van der Waals surface area (Å²) in [4.78, 5) is 2.57. The van der Waals surface area contributed by atoms with Crippen LogP contribution in [0.2, 0.25) is 0 Å². The molecule has 0 amide bonds. The lowest BCUT2D eigenvalue weighted by Gasteiger charge is -2.46. The van der Waals surface area contributed by atoms with Crippen LogP contribution < -0.4 is 0 Å². The van der Waals surface area contributed by atoms with E-state index in [-0.39, 0.29) is 0 Å². The molecule has 1 nitrogen and oxygen atoms in total. The van der Waals surface area contributed by atoms with Crippen molar-refractivity contribution in [2.45, 2.75) is 79.2 Å². The van der Waals surface area contributed by atoms with Gasteiger partial charge in [-0.25, -0.2) is 0 Å². The Morgan fingerprint density at radius 1 is 0.938 bits per heavy atom. The summed E-state index contributed by atoms with van der Waals surface area (Å²) in [5, 5.41) is 0. The minimum absolute atomic E-state index is 0.478. The predicted molar refractivity (Wildman–Crippen MR) is 74.9 cm³/mol. The van der Waals surface area contributed by atoms with E-state index in [0.717, 1.165) is 0 Å². The SMILES string of the molecule is CC.CCCN(C)C1(C)CCC(C)(C)CC1. The monoisotopic (exact) mass is 227 g/mol. The molecule has 0 aromatic rings. The van der Waals surface area contributed by atoms with Gasteiger partial charge in [0, 0.05) is 5.54 Å². The minimum atomic E-state index is 0.478. The van der Waals surface area contributed by atoms with Gasteiger partial charge in [-0.1, -0.05) is 34.6 Å². The molecule has 1 heteroatoms. The second kappa shape index (κ2) is 6.64.